The Balaban J connectivity index is 3.34. The highest BCUT2D eigenvalue weighted by Gasteiger charge is 2.13. The number of nitro groups is 1. The number of nitrogens with zero attached hydrogens (tertiary/aromatic N) is 2. The lowest BCUT2D eigenvalue weighted by Crippen LogP contribution is -1.95. The zero-order valence-electron chi connectivity index (χ0n) is 6.71. The quantitative estimate of drug-likeness (QED) is 0.448. The molecule has 1 rings (SSSR count). The van der Waals surface area contributed by atoms with Gasteiger partial charge in [-0.05, 0) is 6.07 Å². The van der Waals surface area contributed by atoms with E-state index < -0.39 is 16.0 Å². The summed E-state index contributed by atoms with van der Waals surface area (Å²) in [4.78, 5) is 9.51. The molecular formula is C7H4N2O4S. The minimum absolute atomic E-state index is 0.127. The zero-order chi connectivity index (χ0) is 10.7. The van der Waals surface area contributed by atoms with Gasteiger partial charge in [-0.2, -0.15) is 5.26 Å². The molecule has 1 N–H and O–H groups in total. The number of nitriles is 1. The van der Waals surface area contributed by atoms with E-state index in [-0.39, 0.29) is 16.1 Å². The largest absolute Gasteiger partial charge is 0.302 e. The van der Waals surface area contributed by atoms with Gasteiger partial charge in [-0.3, -0.25) is 10.1 Å². The number of hydrogen-bond donors (Lipinski definition) is 1. The molecule has 0 heterocycles. The minimum atomic E-state index is -2.31. The molecule has 0 aliphatic carbocycles. The Morgan fingerprint density at radius 1 is 1.57 bits per heavy atom. The van der Waals surface area contributed by atoms with Gasteiger partial charge in [-0.25, -0.2) is 4.21 Å². The summed E-state index contributed by atoms with van der Waals surface area (Å²) in [7, 11) is 0. The molecule has 0 amide bonds. The second kappa shape index (κ2) is 3.95. The molecule has 0 fully saturated rings. The molecule has 0 saturated carbocycles. The van der Waals surface area contributed by atoms with Crippen molar-refractivity contribution in [1.29, 1.82) is 5.26 Å². The monoisotopic (exact) mass is 212 g/mol. The normalized spacial score (nSPS) is 11.7. The topological polar surface area (TPSA) is 104 Å². The van der Waals surface area contributed by atoms with Gasteiger partial charge in [0, 0.05) is 12.1 Å². The maximum absolute atomic E-state index is 10.7. The molecule has 0 spiro atoms. The first kappa shape index (κ1) is 10.3. The molecule has 72 valence electrons. The fourth-order valence-corrected chi connectivity index (χ4v) is 1.35. The molecule has 7 heteroatoms. The van der Waals surface area contributed by atoms with Crippen molar-refractivity contribution < 1.29 is 13.7 Å². The van der Waals surface area contributed by atoms with Crippen molar-refractivity contribution in [3.8, 4) is 6.07 Å². The second-order valence-electron chi connectivity index (χ2n) is 2.30. The highest BCUT2D eigenvalue weighted by molar-refractivity contribution is 7.79. The van der Waals surface area contributed by atoms with Crippen molar-refractivity contribution in [3.63, 3.8) is 0 Å². The van der Waals surface area contributed by atoms with Crippen molar-refractivity contribution in [2.75, 3.05) is 0 Å². The molecule has 0 radical (unpaired) electrons. The summed E-state index contributed by atoms with van der Waals surface area (Å²) in [6.45, 7) is 0. The van der Waals surface area contributed by atoms with Gasteiger partial charge in [0.05, 0.1) is 15.4 Å². The molecule has 1 aromatic carbocycles. The zero-order valence-corrected chi connectivity index (χ0v) is 7.52. The third kappa shape index (κ3) is 1.93. The predicted molar refractivity (Wildman–Crippen MR) is 46.8 cm³/mol. The summed E-state index contributed by atoms with van der Waals surface area (Å²) < 4.78 is 19.4. The van der Waals surface area contributed by atoms with Gasteiger partial charge in [0.2, 0.25) is 0 Å². The van der Waals surface area contributed by atoms with Gasteiger partial charge in [0.15, 0.2) is 11.1 Å². The average Bonchev–Trinajstić information content (AvgIpc) is 2.16. The third-order valence-electron chi connectivity index (χ3n) is 1.48. The summed E-state index contributed by atoms with van der Waals surface area (Å²) in [6.07, 6.45) is 0. The van der Waals surface area contributed by atoms with E-state index in [0.29, 0.717) is 0 Å². The van der Waals surface area contributed by atoms with E-state index >= 15 is 0 Å². The molecule has 0 aliphatic heterocycles. The maximum Gasteiger partial charge on any atom is 0.270 e. The molecule has 1 unspecified atom stereocenters. The fourth-order valence-electron chi connectivity index (χ4n) is 0.871. The maximum atomic E-state index is 10.7. The second-order valence-corrected chi connectivity index (χ2v) is 3.24. The van der Waals surface area contributed by atoms with Gasteiger partial charge in [0.1, 0.15) is 6.07 Å². The Hall–Kier alpha value is -1.78. The van der Waals surface area contributed by atoms with Crippen LogP contribution in [0, 0.1) is 21.4 Å². The van der Waals surface area contributed by atoms with E-state index in [2.05, 4.69) is 0 Å². The number of non-ortho nitro benzene ring substituents is 1. The molecule has 1 aromatic rings. The van der Waals surface area contributed by atoms with Gasteiger partial charge >= 0.3 is 0 Å². The van der Waals surface area contributed by atoms with Crippen LogP contribution in [0.5, 0.6) is 0 Å². The first-order valence-corrected chi connectivity index (χ1v) is 4.46. The van der Waals surface area contributed by atoms with E-state index in [0.717, 1.165) is 18.2 Å². The highest BCUT2D eigenvalue weighted by Crippen LogP contribution is 2.19. The van der Waals surface area contributed by atoms with Crippen molar-refractivity contribution in [2.24, 2.45) is 0 Å². The summed E-state index contributed by atoms with van der Waals surface area (Å²) in [5.74, 6) is 0. The van der Waals surface area contributed by atoms with Crippen LogP contribution in [0.3, 0.4) is 0 Å². The number of hydrogen-bond acceptors (Lipinski definition) is 4. The van der Waals surface area contributed by atoms with Crippen molar-refractivity contribution in [1.82, 2.24) is 0 Å². The molecule has 0 aromatic heterocycles. The van der Waals surface area contributed by atoms with Crippen LogP contribution in [-0.2, 0) is 11.1 Å². The van der Waals surface area contributed by atoms with Crippen LogP contribution in [0.15, 0.2) is 23.1 Å². The van der Waals surface area contributed by atoms with Crippen LogP contribution < -0.4 is 0 Å². The minimum Gasteiger partial charge on any atom is -0.302 e. The average molecular weight is 212 g/mol. The smallest absolute Gasteiger partial charge is 0.270 e. The standard InChI is InChI=1S/C7H4N2O4S/c8-4-5-3-6(9(10)11)1-2-7(5)14(12)13/h1-3H,(H,12,13). The van der Waals surface area contributed by atoms with Crippen molar-refractivity contribution >= 4 is 16.8 Å². The van der Waals surface area contributed by atoms with Crippen LogP contribution in [-0.4, -0.2) is 13.7 Å². The van der Waals surface area contributed by atoms with Gasteiger partial charge in [-0.15, -0.1) is 0 Å². The van der Waals surface area contributed by atoms with Gasteiger partial charge < -0.3 is 4.55 Å². The Kier molecular flexibility index (Phi) is 2.91. The van der Waals surface area contributed by atoms with Crippen molar-refractivity contribution in [3.05, 3.63) is 33.9 Å². The third-order valence-corrected chi connectivity index (χ3v) is 2.21. The first-order valence-electron chi connectivity index (χ1n) is 3.35. The van der Waals surface area contributed by atoms with E-state index in [4.69, 9.17) is 9.81 Å². The van der Waals surface area contributed by atoms with Crippen LogP contribution in [0.25, 0.3) is 0 Å². The molecule has 6 nitrogen and oxygen atoms in total. The number of benzene rings is 1. The Labute approximate surface area is 81.2 Å². The summed E-state index contributed by atoms with van der Waals surface area (Å²) in [6, 6.07) is 4.74. The Bertz CT molecular complexity index is 451. The summed E-state index contributed by atoms with van der Waals surface area (Å²) in [5, 5.41) is 18.9. The summed E-state index contributed by atoms with van der Waals surface area (Å²) in [5.41, 5.74) is -0.448. The lowest BCUT2D eigenvalue weighted by molar-refractivity contribution is -0.384. The lowest BCUT2D eigenvalue weighted by Gasteiger charge is -1.97. The Morgan fingerprint density at radius 2 is 2.21 bits per heavy atom. The van der Waals surface area contributed by atoms with E-state index in [1.54, 1.807) is 6.07 Å². The SMILES string of the molecule is N#Cc1cc([N+](=O)[O-])ccc1S(=O)O. The van der Waals surface area contributed by atoms with Gasteiger partial charge in [0.25, 0.3) is 5.69 Å². The lowest BCUT2D eigenvalue weighted by atomic mass is 10.2. The molecular weight excluding hydrogens is 208 g/mol. The van der Waals surface area contributed by atoms with Crippen LogP contribution in [0.2, 0.25) is 0 Å². The number of nitro benzene ring substituents is 1. The van der Waals surface area contributed by atoms with Crippen LogP contribution in [0.1, 0.15) is 5.56 Å². The Morgan fingerprint density at radius 3 is 2.64 bits per heavy atom. The summed E-state index contributed by atoms with van der Waals surface area (Å²) >= 11 is -2.31. The van der Waals surface area contributed by atoms with Crippen LogP contribution >= 0.6 is 0 Å². The fraction of sp³-hybridized carbons (Fsp3) is 0. The van der Waals surface area contributed by atoms with Gasteiger partial charge in [-0.1, -0.05) is 0 Å². The molecule has 1 atom stereocenters. The molecule has 0 bridgehead atoms. The van der Waals surface area contributed by atoms with E-state index in [1.165, 1.54) is 0 Å². The number of rotatable bonds is 2. The first-order chi connectivity index (χ1) is 6.56. The molecule has 14 heavy (non-hydrogen) atoms. The van der Waals surface area contributed by atoms with Crippen LogP contribution in [0.4, 0.5) is 5.69 Å². The molecule has 0 saturated heterocycles. The van der Waals surface area contributed by atoms with E-state index in [1.807, 2.05) is 0 Å². The highest BCUT2D eigenvalue weighted by atomic mass is 32.2. The van der Waals surface area contributed by atoms with E-state index in [9.17, 15) is 14.3 Å². The van der Waals surface area contributed by atoms with Crippen molar-refractivity contribution in [2.45, 2.75) is 4.90 Å². The molecule has 0 aliphatic rings. The predicted octanol–water partition coefficient (Wildman–Crippen LogP) is 1.05.